The molecule has 0 bridgehead atoms. The fraction of sp³-hybridized carbons (Fsp3) is 0.667. The Hall–Kier alpha value is 0.1000. The van der Waals surface area contributed by atoms with Crippen molar-refractivity contribution in [3.63, 3.8) is 0 Å². The minimum atomic E-state index is 0.534. The maximum atomic E-state index is 5.52. The maximum absolute atomic E-state index is 5.52. The van der Waals surface area contributed by atoms with E-state index in [9.17, 15) is 0 Å². The van der Waals surface area contributed by atoms with Crippen LogP contribution in [-0.4, -0.2) is 19.3 Å². The van der Waals surface area contributed by atoms with E-state index in [4.69, 9.17) is 4.74 Å². The molecule has 0 saturated carbocycles. The Morgan fingerprint density at radius 3 is 3.12 bits per heavy atom. The van der Waals surface area contributed by atoms with Gasteiger partial charge < -0.3 is 10.1 Å². The second-order valence-corrected chi connectivity index (χ2v) is 5.99. The molecule has 0 aromatic carbocycles. The molecular formula is C12H18BrNOS. The number of hydrogen-bond acceptors (Lipinski definition) is 3. The van der Waals surface area contributed by atoms with Gasteiger partial charge in [0.15, 0.2) is 0 Å². The summed E-state index contributed by atoms with van der Waals surface area (Å²) >= 11 is 5.30. The quantitative estimate of drug-likeness (QED) is 0.920. The summed E-state index contributed by atoms with van der Waals surface area (Å²) < 4.78 is 6.74. The van der Waals surface area contributed by atoms with Crippen molar-refractivity contribution < 1.29 is 4.74 Å². The molecule has 1 fully saturated rings. The van der Waals surface area contributed by atoms with Gasteiger partial charge in [-0.15, -0.1) is 0 Å². The molecule has 0 radical (unpaired) electrons. The van der Waals surface area contributed by atoms with E-state index in [1.807, 2.05) is 0 Å². The molecule has 2 heterocycles. The van der Waals surface area contributed by atoms with Gasteiger partial charge in [-0.05, 0) is 52.6 Å². The zero-order valence-electron chi connectivity index (χ0n) is 9.54. The molecule has 2 atom stereocenters. The normalized spacial score (nSPS) is 23.2. The standard InChI is InChI=1S/C12H18BrNOS/c1-9(10-3-2-4-15-6-10)14-5-11-7-16-8-12(11)13/h7-10,14H,2-6H2,1H3/t9-,10+/m0/s1. The van der Waals surface area contributed by atoms with Gasteiger partial charge in [-0.1, -0.05) is 0 Å². The number of halogens is 1. The molecule has 0 amide bonds. The third-order valence-electron chi connectivity index (χ3n) is 3.21. The fourth-order valence-electron chi connectivity index (χ4n) is 2.03. The Kier molecular flexibility index (Phi) is 4.82. The first-order chi connectivity index (χ1) is 7.77. The summed E-state index contributed by atoms with van der Waals surface area (Å²) in [4.78, 5) is 0. The minimum Gasteiger partial charge on any atom is -0.381 e. The van der Waals surface area contributed by atoms with Crippen molar-refractivity contribution in [1.29, 1.82) is 0 Å². The van der Waals surface area contributed by atoms with Gasteiger partial charge in [0.1, 0.15) is 0 Å². The highest BCUT2D eigenvalue weighted by atomic mass is 79.9. The Balaban J connectivity index is 1.78. The lowest BCUT2D eigenvalue weighted by Crippen LogP contribution is -2.37. The lowest BCUT2D eigenvalue weighted by atomic mass is 9.95. The molecule has 1 aliphatic heterocycles. The van der Waals surface area contributed by atoms with Gasteiger partial charge >= 0.3 is 0 Å². The zero-order chi connectivity index (χ0) is 11.4. The van der Waals surface area contributed by atoms with Crippen LogP contribution in [0.15, 0.2) is 15.2 Å². The summed E-state index contributed by atoms with van der Waals surface area (Å²) in [6.07, 6.45) is 2.50. The van der Waals surface area contributed by atoms with Crippen LogP contribution in [0.2, 0.25) is 0 Å². The molecule has 0 aliphatic carbocycles. The molecular weight excluding hydrogens is 286 g/mol. The summed E-state index contributed by atoms with van der Waals surface area (Å²) in [6, 6.07) is 0.534. The third-order valence-corrected chi connectivity index (χ3v) is 5.04. The Bertz CT molecular complexity index is 323. The fourth-order valence-corrected chi connectivity index (χ4v) is 3.47. The largest absolute Gasteiger partial charge is 0.381 e. The van der Waals surface area contributed by atoms with Gasteiger partial charge in [0, 0.05) is 29.0 Å². The van der Waals surface area contributed by atoms with Crippen LogP contribution in [0.25, 0.3) is 0 Å². The topological polar surface area (TPSA) is 21.3 Å². The molecule has 0 spiro atoms. The molecule has 16 heavy (non-hydrogen) atoms. The molecule has 90 valence electrons. The maximum Gasteiger partial charge on any atom is 0.0509 e. The number of nitrogens with one attached hydrogen (secondary N) is 1. The lowest BCUT2D eigenvalue weighted by Gasteiger charge is -2.28. The highest BCUT2D eigenvalue weighted by Crippen LogP contribution is 2.22. The van der Waals surface area contributed by atoms with E-state index >= 15 is 0 Å². The molecule has 2 nitrogen and oxygen atoms in total. The predicted molar refractivity (Wildman–Crippen MR) is 71.9 cm³/mol. The zero-order valence-corrected chi connectivity index (χ0v) is 11.9. The molecule has 1 saturated heterocycles. The third kappa shape index (κ3) is 3.29. The van der Waals surface area contributed by atoms with Crippen molar-refractivity contribution in [2.75, 3.05) is 13.2 Å². The van der Waals surface area contributed by atoms with Crippen molar-refractivity contribution >= 4 is 27.3 Å². The summed E-state index contributed by atoms with van der Waals surface area (Å²) in [5.41, 5.74) is 1.36. The Labute approximate surface area is 110 Å². The second-order valence-electron chi connectivity index (χ2n) is 4.39. The van der Waals surface area contributed by atoms with Crippen molar-refractivity contribution in [3.05, 3.63) is 20.8 Å². The minimum absolute atomic E-state index is 0.534. The second kappa shape index (κ2) is 6.15. The first-order valence-electron chi connectivity index (χ1n) is 5.79. The molecule has 1 aromatic heterocycles. The van der Waals surface area contributed by atoms with Crippen molar-refractivity contribution in [2.45, 2.75) is 32.4 Å². The molecule has 2 rings (SSSR count). The monoisotopic (exact) mass is 303 g/mol. The molecule has 4 heteroatoms. The first-order valence-corrected chi connectivity index (χ1v) is 7.52. The van der Waals surface area contributed by atoms with Gasteiger partial charge in [0.25, 0.3) is 0 Å². The molecule has 1 aliphatic rings. The predicted octanol–water partition coefficient (Wildman–Crippen LogP) is 3.42. The Morgan fingerprint density at radius 2 is 2.50 bits per heavy atom. The van der Waals surface area contributed by atoms with E-state index in [0.29, 0.717) is 12.0 Å². The van der Waals surface area contributed by atoms with Gasteiger partial charge in [-0.2, -0.15) is 11.3 Å². The van der Waals surface area contributed by atoms with E-state index < -0.39 is 0 Å². The van der Waals surface area contributed by atoms with Crippen LogP contribution >= 0.6 is 27.3 Å². The molecule has 1 aromatic rings. The van der Waals surface area contributed by atoms with Crippen LogP contribution in [0.1, 0.15) is 25.3 Å². The van der Waals surface area contributed by atoms with Gasteiger partial charge in [-0.3, -0.25) is 0 Å². The number of ether oxygens (including phenoxy) is 1. The van der Waals surface area contributed by atoms with E-state index in [1.165, 1.54) is 22.9 Å². The van der Waals surface area contributed by atoms with Gasteiger partial charge in [0.2, 0.25) is 0 Å². The van der Waals surface area contributed by atoms with Crippen LogP contribution in [0.3, 0.4) is 0 Å². The number of rotatable bonds is 4. The molecule has 1 N–H and O–H groups in total. The highest BCUT2D eigenvalue weighted by Gasteiger charge is 2.20. The van der Waals surface area contributed by atoms with E-state index in [-0.39, 0.29) is 0 Å². The number of hydrogen-bond donors (Lipinski definition) is 1. The van der Waals surface area contributed by atoms with Crippen LogP contribution in [-0.2, 0) is 11.3 Å². The van der Waals surface area contributed by atoms with Crippen molar-refractivity contribution in [2.24, 2.45) is 5.92 Å². The van der Waals surface area contributed by atoms with E-state index in [2.05, 4.69) is 38.9 Å². The average molecular weight is 304 g/mol. The van der Waals surface area contributed by atoms with E-state index in [1.54, 1.807) is 11.3 Å². The van der Waals surface area contributed by atoms with Gasteiger partial charge in [-0.25, -0.2) is 0 Å². The van der Waals surface area contributed by atoms with Crippen LogP contribution in [0, 0.1) is 5.92 Å². The summed E-state index contributed by atoms with van der Waals surface area (Å²) in [6.45, 7) is 5.07. The lowest BCUT2D eigenvalue weighted by molar-refractivity contribution is 0.0417. The molecule has 0 unspecified atom stereocenters. The summed E-state index contributed by atoms with van der Waals surface area (Å²) in [5.74, 6) is 0.672. The summed E-state index contributed by atoms with van der Waals surface area (Å²) in [5, 5.41) is 7.92. The Morgan fingerprint density at radius 1 is 1.62 bits per heavy atom. The summed E-state index contributed by atoms with van der Waals surface area (Å²) in [7, 11) is 0. The van der Waals surface area contributed by atoms with Crippen LogP contribution in [0.4, 0.5) is 0 Å². The first kappa shape index (κ1) is 12.6. The van der Waals surface area contributed by atoms with Gasteiger partial charge in [0.05, 0.1) is 6.61 Å². The smallest absolute Gasteiger partial charge is 0.0509 e. The average Bonchev–Trinajstić information content (AvgIpc) is 2.73. The van der Waals surface area contributed by atoms with Crippen molar-refractivity contribution in [1.82, 2.24) is 5.32 Å². The highest BCUT2D eigenvalue weighted by molar-refractivity contribution is 9.10. The van der Waals surface area contributed by atoms with Crippen LogP contribution < -0.4 is 5.32 Å². The van der Waals surface area contributed by atoms with Crippen molar-refractivity contribution in [3.8, 4) is 0 Å². The SMILES string of the molecule is C[C@H](NCc1cscc1Br)[C@@H]1CCCOC1. The van der Waals surface area contributed by atoms with E-state index in [0.717, 1.165) is 19.8 Å². The number of thiophene rings is 1. The van der Waals surface area contributed by atoms with Crippen LogP contribution in [0.5, 0.6) is 0 Å².